The molecule has 1 fully saturated rings. The number of aromatic nitrogens is 1. The predicted octanol–water partition coefficient (Wildman–Crippen LogP) is 4.01. The molecule has 3 aromatic rings. The van der Waals surface area contributed by atoms with Crippen LogP contribution in [0.3, 0.4) is 0 Å². The van der Waals surface area contributed by atoms with Gasteiger partial charge in [0.05, 0.1) is 36.2 Å². The van der Waals surface area contributed by atoms with Gasteiger partial charge in [0.25, 0.3) is 5.91 Å². The van der Waals surface area contributed by atoms with Gasteiger partial charge in [0.1, 0.15) is 16.0 Å². The first-order chi connectivity index (χ1) is 16.9. The first-order valence-corrected chi connectivity index (χ1v) is 12.6. The minimum atomic E-state index is -0.536. The summed E-state index contributed by atoms with van der Waals surface area (Å²) in [6, 6.07) is 5.32. The summed E-state index contributed by atoms with van der Waals surface area (Å²) in [5.41, 5.74) is 1.58. The molecule has 35 heavy (non-hydrogen) atoms. The summed E-state index contributed by atoms with van der Waals surface area (Å²) in [6.07, 6.45) is 4.63. The number of likely N-dealkylation sites (tertiary alicyclic amines) is 1. The Hall–Kier alpha value is -3.24. The van der Waals surface area contributed by atoms with E-state index in [2.05, 4.69) is 10.2 Å². The Labute approximate surface area is 208 Å². The zero-order valence-corrected chi connectivity index (χ0v) is 21.0. The first kappa shape index (κ1) is 24.9. The Morgan fingerprint density at radius 2 is 2.06 bits per heavy atom. The van der Waals surface area contributed by atoms with Crippen molar-refractivity contribution in [3.8, 4) is 0 Å². The van der Waals surface area contributed by atoms with Crippen LogP contribution in [0.1, 0.15) is 52.4 Å². The molecule has 4 rings (SSSR count). The van der Waals surface area contributed by atoms with Crippen LogP contribution in [-0.2, 0) is 16.1 Å². The smallest absolute Gasteiger partial charge is 0.350 e. The van der Waals surface area contributed by atoms with Gasteiger partial charge in [-0.2, -0.15) is 0 Å². The molecule has 1 atom stereocenters. The number of piperidine rings is 1. The highest BCUT2D eigenvalue weighted by molar-refractivity contribution is 7.21. The van der Waals surface area contributed by atoms with E-state index in [1.165, 1.54) is 31.0 Å². The van der Waals surface area contributed by atoms with Crippen molar-refractivity contribution >= 4 is 45.0 Å². The van der Waals surface area contributed by atoms with Crippen LogP contribution in [0.4, 0.5) is 5.69 Å². The summed E-state index contributed by atoms with van der Waals surface area (Å²) >= 11 is 1.18. The Morgan fingerprint density at radius 1 is 1.26 bits per heavy atom. The molecule has 0 saturated carbocycles. The van der Waals surface area contributed by atoms with Crippen LogP contribution in [0.25, 0.3) is 10.2 Å². The average molecular weight is 499 g/mol. The number of hydrogen-bond acceptors (Lipinski definition) is 8. The number of pyridine rings is 1. The summed E-state index contributed by atoms with van der Waals surface area (Å²) in [5, 5.41) is 3.48. The van der Waals surface area contributed by atoms with Gasteiger partial charge < -0.3 is 19.4 Å². The maximum Gasteiger partial charge on any atom is 0.350 e. The van der Waals surface area contributed by atoms with Crippen molar-refractivity contribution in [2.45, 2.75) is 33.2 Å². The SMILES string of the molecule is CCN(CC)C(=O)[C@@H]1CCCN(Cc2ccc3c(NC(=O)c4ccoc4)c(C(=O)OC)sc3n2)C1. The lowest BCUT2D eigenvalue weighted by Crippen LogP contribution is -2.44. The number of thiophene rings is 1. The molecule has 1 aliphatic rings. The van der Waals surface area contributed by atoms with Gasteiger partial charge in [-0.05, 0) is 51.4 Å². The van der Waals surface area contributed by atoms with E-state index in [1.54, 1.807) is 6.07 Å². The second kappa shape index (κ2) is 11.0. The Bertz CT molecular complexity index is 1200. The second-order valence-electron chi connectivity index (χ2n) is 8.50. The largest absolute Gasteiger partial charge is 0.472 e. The number of fused-ring (bicyclic) bond motifs is 1. The highest BCUT2D eigenvalue weighted by Crippen LogP contribution is 2.36. The van der Waals surface area contributed by atoms with Gasteiger partial charge in [0.2, 0.25) is 5.91 Å². The first-order valence-electron chi connectivity index (χ1n) is 11.8. The fourth-order valence-electron chi connectivity index (χ4n) is 4.47. The summed E-state index contributed by atoms with van der Waals surface area (Å²) in [5.74, 6) is -0.692. The Kier molecular flexibility index (Phi) is 7.82. The highest BCUT2D eigenvalue weighted by atomic mass is 32.1. The average Bonchev–Trinajstić information content (AvgIpc) is 3.53. The molecule has 1 aliphatic heterocycles. The molecule has 0 unspecified atom stereocenters. The van der Waals surface area contributed by atoms with E-state index >= 15 is 0 Å². The predicted molar refractivity (Wildman–Crippen MR) is 134 cm³/mol. The minimum Gasteiger partial charge on any atom is -0.472 e. The monoisotopic (exact) mass is 498 g/mol. The summed E-state index contributed by atoms with van der Waals surface area (Å²) < 4.78 is 9.92. The van der Waals surface area contributed by atoms with E-state index in [4.69, 9.17) is 14.1 Å². The molecular weight excluding hydrogens is 468 g/mol. The molecule has 0 spiro atoms. The zero-order valence-electron chi connectivity index (χ0n) is 20.2. The number of nitrogens with zero attached hydrogens (tertiary/aromatic N) is 3. The lowest BCUT2D eigenvalue weighted by Gasteiger charge is -2.34. The Balaban J connectivity index is 1.55. The van der Waals surface area contributed by atoms with Crippen molar-refractivity contribution in [3.05, 3.63) is 46.9 Å². The molecule has 1 N–H and O–H groups in total. The molecule has 10 heteroatoms. The number of nitrogens with one attached hydrogen (secondary N) is 1. The summed E-state index contributed by atoms with van der Waals surface area (Å²) in [4.78, 5) is 47.7. The number of carbonyl (C=O) groups excluding carboxylic acids is 3. The van der Waals surface area contributed by atoms with E-state index < -0.39 is 5.97 Å². The van der Waals surface area contributed by atoms with E-state index in [0.29, 0.717) is 34.6 Å². The molecule has 186 valence electrons. The number of furan rings is 1. The fourth-order valence-corrected chi connectivity index (χ4v) is 5.53. The van der Waals surface area contributed by atoms with E-state index in [1.807, 2.05) is 30.9 Å². The van der Waals surface area contributed by atoms with Crippen LogP contribution < -0.4 is 5.32 Å². The van der Waals surface area contributed by atoms with Crippen molar-refractivity contribution in [1.29, 1.82) is 0 Å². The van der Waals surface area contributed by atoms with Crippen LogP contribution in [0.15, 0.2) is 35.1 Å². The molecule has 2 amide bonds. The van der Waals surface area contributed by atoms with Crippen LogP contribution in [0.5, 0.6) is 0 Å². The molecule has 0 aliphatic carbocycles. The van der Waals surface area contributed by atoms with Crippen LogP contribution in [0.2, 0.25) is 0 Å². The zero-order chi connectivity index (χ0) is 24.9. The molecule has 1 saturated heterocycles. The third-order valence-electron chi connectivity index (χ3n) is 6.32. The molecule has 0 radical (unpaired) electrons. The fraction of sp³-hybridized carbons (Fsp3) is 0.440. The number of anilines is 1. The number of amides is 2. The lowest BCUT2D eigenvalue weighted by molar-refractivity contribution is -0.137. The topological polar surface area (TPSA) is 105 Å². The summed E-state index contributed by atoms with van der Waals surface area (Å²) in [7, 11) is 1.31. The van der Waals surface area contributed by atoms with Crippen molar-refractivity contribution in [2.75, 3.05) is 38.6 Å². The molecule has 3 aromatic heterocycles. The molecule has 4 heterocycles. The van der Waals surface area contributed by atoms with Crippen LogP contribution in [0, 0.1) is 5.92 Å². The summed E-state index contributed by atoms with van der Waals surface area (Å²) in [6.45, 7) is 7.70. The number of esters is 1. The quantitative estimate of drug-likeness (QED) is 0.468. The van der Waals surface area contributed by atoms with Crippen LogP contribution in [-0.4, -0.2) is 65.9 Å². The van der Waals surface area contributed by atoms with Gasteiger partial charge in [-0.15, -0.1) is 11.3 Å². The van der Waals surface area contributed by atoms with Crippen molar-refractivity contribution in [3.63, 3.8) is 0 Å². The molecule has 0 aromatic carbocycles. The lowest BCUT2D eigenvalue weighted by atomic mass is 9.96. The minimum absolute atomic E-state index is 0.00443. The van der Waals surface area contributed by atoms with Gasteiger partial charge in [0, 0.05) is 31.6 Å². The normalized spacial score (nSPS) is 16.3. The molecule has 9 nitrogen and oxygen atoms in total. The van der Waals surface area contributed by atoms with E-state index in [9.17, 15) is 14.4 Å². The highest BCUT2D eigenvalue weighted by Gasteiger charge is 2.29. The second-order valence-corrected chi connectivity index (χ2v) is 9.50. The van der Waals surface area contributed by atoms with Crippen molar-refractivity contribution in [1.82, 2.24) is 14.8 Å². The number of methoxy groups -OCH3 is 1. The van der Waals surface area contributed by atoms with Gasteiger partial charge in [-0.3, -0.25) is 14.5 Å². The molecule has 0 bridgehead atoms. The van der Waals surface area contributed by atoms with E-state index in [-0.39, 0.29) is 22.6 Å². The number of carbonyl (C=O) groups is 3. The van der Waals surface area contributed by atoms with Gasteiger partial charge in [-0.25, -0.2) is 9.78 Å². The number of ether oxygens (including phenoxy) is 1. The maximum absolute atomic E-state index is 12.8. The van der Waals surface area contributed by atoms with Gasteiger partial charge >= 0.3 is 5.97 Å². The molecular formula is C25H30N4O5S. The number of rotatable bonds is 8. The third kappa shape index (κ3) is 5.38. The maximum atomic E-state index is 12.8. The van der Waals surface area contributed by atoms with Gasteiger partial charge in [0.15, 0.2) is 0 Å². The van der Waals surface area contributed by atoms with Crippen molar-refractivity contribution in [2.24, 2.45) is 5.92 Å². The Morgan fingerprint density at radius 3 is 2.74 bits per heavy atom. The van der Waals surface area contributed by atoms with Gasteiger partial charge in [-0.1, -0.05) is 0 Å². The third-order valence-corrected chi connectivity index (χ3v) is 7.40. The van der Waals surface area contributed by atoms with Crippen molar-refractivity contribution < 1.29 is 23.5 Å². The van der Waals surface area contributed by atoms with Crippen LogP contribution >= 0.6 is 11.3 Å². The standard InChI is InChI=1S/C25H30N4O5S/c1-4-29(5-2)24(31)16-7-6-11-28(13-16)14-18-8-9-19-20(27-22(30)17-10-12-34-15-17)21(25(32)33-3)35-23(19)26-18/h8-10,12,15-16H,4-7,11,13-14H2,1-3H3,(H,27,30)/t16-/m1/s1. The number of hydrogen-bond donors (Lipinski definition) is 1. The van der Waals surface area contributed by atoms with E-state index in [0.717, 1.165) is 38.2 Å².